The molecule has 1 aliphatic rings. The van der Waals surface area contributed by atoms with E-state index >= 15 is 0 Å². The van der Waals surface area contributed by atoms with E-state index in [0.29, 0.717) is 29.2 Å². The molecule has 8 nitrogen and oxygen atoms in total. The first-order valence-corrected chi connectivity index (χ1v) is 11.4. The largest absolute Gasteiger partial charge is 0.507 e. The van der Waals surface area contributed by atoms with Crippen molar-refractivity contribution < 1.29 is 29.3 Å². The van der Waals surface area contributed by atoms with E-state index in [4.69, 9.17) is 9.47 Å². The molecule has 1 fully saturated rings. The molecule has 1 heterocycles. The van der Waals surface area contributed by atoms with E-state index in [2.05, 4.69) is 0 Å². The van der Waals surface area contributed by atoms with Crippen LogP contribution < -0.4 is 19.3 Å². The smallest absolute Gasteiger partial charge is 0.300 e. The minimum atomic E-state index is -0.947. The third kappa shape index (κ3) is 4.45. The van der Waals surface area contributed by atoms with Gasteiger partial charge in [-0.15, -0.1) is 0 Å². The van der Waals surface area contributed by atoms with Crippen LogP contribution in [0.3, 0.4) is 0 Å². The number of phenolic OH excluding ortho intramolecular Hbond substituents is 1. The molecule has 0 radical (unpaired) electrons. The lowest BCUT2D eigenvalue weighted by atomic mass is 9.94. The van der Waals surface area contributed by atoms with Crippen LogP contribution in [0.2, 0.25) is 0 Å². The molecule has 1 atom stereocenters. The van der Waals surface area contributed by atoms with Crippen LogP contribution in [0, 0.1) is 0 Å². The van der Waals surface area contributed by atoms with Crippen molar-refractivity contribution in [2.45, 2.75) is 13.0 Å². The fourth-order valence-corrected chi connectivity index (χ4v) is 4.20. The van der Waals surface area contributed by atoms with Gasteiger partial charge in [-0.3, -0.25) is 14.5 Å². The summed E-state index contributed by atoms with van der Waals surface area (Å²) in [5.41, 5.74) is 2.23. The lowest BCUT2D eigenvalue weighted by Gasteiger charge is -2.26. The van der Waals surface area contributed by atoms with Gasteiger partial charge >= 0.3 is 0 Å². The van der Waals surface area contributed by atoms with Crippen molar-refractivity contribution >= 4 is 28.8 Å². The Balaban J connectivity index is 1.92. The molecule has 3 aromatic rings. The Morgan fingerprint density at radius 3 is 2.25 bits per heavy atom. The van der Waals surface area contributed by atoms with Gasteiger partial charge in [-0.25, -0.2) is 0 Å². The molecule has 4 rings (SSSR count). The SMILES string of the molecule is CCOc1cc(C2/C(=C(/O)c3ccc(OC)cc3)C(=O)C(=O)N2c2ccc(N(C)C)cc2)ccc1O. The number of benzene rings is 3. The van der Waals surface area contributed by atoms with Crippen molar-refractivity contribution in [1.29, 1.82) is 0 Å². The second-order valence-electron chi connectivity index (χ2n) is 8.47. The molecule has 0 aromatic heterocycles. The quantitative estimate of drug-likeness (QED) is 0.287. The summed E-state index contributed by atoms with van der Waals surface area (Å²) in [4.78, 5) is 30.0. The summed E-state index contributed by atoms with van der Waals surface area (Å²) in [6.45, 7) is 2.10. The summed E-state index contributed by atoms with van der Waals surface area (Å²) in [7, 11) is 5.34. The molecule has 0 bridgehead atoms. The van der Waals surface area contributed by atoms with Gasteiger partial charge in [0.05, 0.1) is 25.3 Å². The summed E-state index contributed by atoms with van der Waals surface area (Å²) in [5, 5.41) is 21.5. The maximum absolute atomic E-state index is 13.4. The highest BCUT2D eigenvalue weighted by molar-refractivity contribution is 6.51. The number of aliphatic hydroxyl groups is 1. The number of anilines is 2. The zero-order valence-electron chi connectivity index (χ0n) is 20.6. The third-order valence-electron chi connectivity index (χ3n) is 6.05. The van der Waals surface area contributed by atoms with E-state index in [1.807, 2.05) is 31.1 Å². The molecule has 186 valence electrons. The zero-order chi connectivity index (χ0) is 26.0. The molecule has 0 saturated carbocycles. The highest BCUT2D eigenvalue weighted by Crippen LogP contribution is 2.44. The van der Waals surface area contributed by atoms with Crippen molar-refractivity contribution in [3.63, 3.8) is 0 Å². The van der Waals surface area contributed by atoms with Crippen LogP contribution in [-0.4, -0.2) is 49.7 Å². The first-order chi connectivity index (χ1) is 17.3. The van der Waals surface area contributed by atoms with Gasteiger partial charge in [-0.05, 0) is 73.2 Å². The Hall–Kier alpha value is -4.46. The highest BCUT2D eigenvalue weighted by Gasteiger charge is 2.47. The van der Waals surface area contributed by atoms with Crippen molar-refractivity contribution in [2.24, 2.45) is 0 Å². The van der Waals surface area contributed by atoms with Crippen LogP contribution in [0.1, 0.15) is 24.1 Å². The number of methoxy groups -OCH3 is 1. The van der Waals surface area contributed by atoms with Crippen molar-refractivity contribution in [2.75, 3.05) is 37.6 Å². The second kappa shape index (κ2) is 10.0. The van der Waals surface area contributed by atoms with Crippen molar-refractivity contribution in [3.8, 4) is 17.2 Å². The van der Waals surface area contributed by atoms with Crippen LogP contribution in [0.25, 0.3) is 5.76 Å². The van der Waals surface area contributed by atoms with Gasteiger partial charge in [0.25, 0.3) is 11.7 Å². The second-order valence-corrected chi connectivity index (χ2v) is 8.47. The average molecular weight is 489 g/mol. The minimum Gasteiger partial charge on any atom is -0.507 e. The van der Waals surface area contributed by atoms with Crippen LogP contribution >= 0.6 is 0 Å². The maximum Gasteiger partial charge on any atom is 0.300 e. The van der Waals surface area contributed by atoms with Crippen LogP contribution in [-0.2, 0) is 9.59 Å². The summed E-state index contributed by atoms with van der Waals surface area (Å²) >= 11 is 0. The van der Waals surface area contributed by atoms with Gasteiger partial charge < -0.3 is 24.6 Å². The Morgan fingerprint density at radius 2 is 1.67 bits per heavy atom. The molecule has 1 saturated heterocycles. The first kappa shape index (κ1) is 24.7. The molecule has 0 aliphatic carbocycles. The van der Waals surface area contributed by atoms with E-state index < -0.39 is 17.7 Å². The molecule has 1 amide bonds. The molecule has 36 heavy (non-hydrogen) atoms. The van der Waals surface area contributed by atoms with Gasteiger partial charge in [-0.1, -0.05) is 6.07 Å². The van der Waals surface area contributed by atoms with Gasteiger partial charge in [0.15, 0.2) is 11.5 Å². The number of amides is 1. The Labute approximate surface area is 209 Å². The topological polar surface area (TPSA) is 99.5 Å². The zero-order valence-corrected chi connectivity index (χ0v) is 20.6. The molecular formula is C28H28N2O6. The lowest BCUT2D eigenvalue weighted by Crippen LogP contribution is -2.29. The number of ketones is 1. The normalized spacial score (nSPS) is 16.8. The van der Waals surface area contributed by atoms with E-state index in [0.717, 1.165) is 5.69 Å². The monoisotopic (exact) mass is 488 g/mol. The maximum atomic E-state index is 13.4. The number of Topliss-reactive ketones (excluding diaryl/α,β-unsaturated/α-hetero) is 1. The summed E-state index contributed by atoms with van der Waals surface area (Å²) in [6, 6.07) is 17.4. The first-order valence-electron chi connectivity index (χ1n) is 11.4. The van der Waals surface area contributed by atoms with Gasteiger partial charge in [0, 0.05) is 31.0 Å². The number of phenols is 1. The summed E-state index contributed by atoms with van der Waals surface area (Å²) < 4.78 is 10.7. The van der Waals surface area contributed by atoms with Crippen LogP contribution in [0.5, 0.6) is 17.2 Å². The van der Waals surface area contributed by atoms with E-state index in [1.165, 1.54) is 18.1 Å². The van der Waals surface area contributed by atoms with Crippen LogP contribution in [0.4, 0.5) is 11.4 Å². The van der Waals surface area contributed by atoms with E-state index in [1.54, 1.807) is 55.5 Å². The number of aromatic hydroxyl groups is 1. The number of hydrogen-bond donors (Lipinski definition) is 2. The predicted molar refractivity (Wildman–Crippen MR) is 138 cm³/mol. The number of nitrogens with zero attached hydrogens (tertiary/aromatic N) is 2. The van der Waals surface area contributed by atoms with Crippen molar-refractivity contribution in [1.82, 2.24) is 0 Å². The molecule has 1 aliphatic heterocycles. The van der Waals surface area contributed by atoms with Gasteiger partial charge in [0.1, 0.15) is 11.5 Å². The van der Waals surface area contributed by atoms with Crippen molar-refractivity contribution in [3.05, 3.63) is 83.4 Å². The highest BCUT2D eigenvalue weighted by atomic mass is 16.5. The molecule has 3 aromatic carbocycles. The Bertz CT molecular complexity index is 1310. The average Bonchev–Trinajstić information content (AvgIpc) is 3.15. The number of aliphatic hydroxyl groups excluding tert-OH is 1. The van der Waals surface area contributed by atoms with Gasteiger partial charge in [-0.2, -0.15) is 0 Å². The number of rotatable bonds is 7. The van der Waals surface area contributed by atoms with Crippen LogP contribution in [0.15, 0.2) is 72.3 Å². The molecule has 2 N–H and O–H groups in total. The fraction of sp³-hybridized carbons (Fsp3) is 0.214. The molecule has 8 heteroatoms. The van der Waals surface area contributed by atoms with Gasteiger partial charge in [0.2, 0.25) is 0 Å². The number of carbonyl (C=O) groups excluding carboxylic acids is 2. The standard InChI is InChI=1S/C28H28N2O6/c1-5-36-23-16-18(8-15-22(23)31)25-24(26(32)17-6-13-21(35-4)14-7-17)27(33)28(34)30(25)20-11-9-19(10-12-20)29(2)3/h6-16,25,31-32H,5H2,1-4H3/b26-24-. The van der Waals surface area contributed by atoms with E-state index in [9.17, 15) is 19.8 Å². The molecular weight excluding hydrogens is 460 g/mol. The number of hydrogen-bond acceptors (Lipinski definition) is 7. The lowest BCUT2D eigenvalue weighted by molar-refractivity contribution is -0.132. The summed E-state index contributed by atoms with van der Waals surface area (Å²) in [5.74, 6) is -1.14. The molecule has 0 spiro atoms. The number of carbonyl (C=O) groups is 2. The number of ether oxygens (including phenoxy) is 2. The minimum absolute atomic E-state index is 0.0602. The van der Waals surface area contributed by atoms with E-state index in [-0.39, 0.29) is 22.8 Å². The third-order valence-corrected chi connectivity index (χ3v) is 6.05. The Kier molecular flexibility index (Phi) is 6.87. The Morgan fingerprint density at radius 1 is 1.00 bits per heavy atom. The molecule has 1 unspecified atom stereocenters. The summed E-state index contributed by atoms with van der Waals surface area (Å²) in [6.07, 6.45) is 0. The predicted octanol–water partition coefficient (Wildman–Crippen LogP) is 4.49. The fourth-order valence-electron chi connectivity index (χ4n) is 4.20.